The summed E-state index contributed by atoms with van der Waals surface area (Å²) < 4.78 is 12.2. The van der Waals surface area contributed by atoms with E-state index in [1.807, 2.05) is 0 Å². The van der Waals surface area contributed by atoms with Crippen molar-refractivity contribution >= 4 is 12.6 Å². The van der Waals surface area contributed by atoms with E-state index in [1.54, 1.807) is 18.2 Å². The van der Waals surface area contributed by atoms with Crippen molar-refractivity contribution in [2.24, 2.45) is 0 Å². The third-order valence-corrected chi connectivity index (χ3v) is 1.17. The molecule has 0 aliphatic carbocycles. The summed E-state index contributed by atoms with van der Waals surface area (Å²) in [5, 5.41) is 0. The smallest absolute Gasteiger partial charge is 0.141 e. The van der Waals surface area contributed by atoms with Crippen molar-refractivity contribution in [3.05, 3.63) is 30.1 Å². The predicted octanol–water partition coefficient (Wildman–Crippen LogP) is 3.14. The summed E-state index contributed by atoms with van der Waals surface area (Å²) in [6, 6.07) is 6.24. The van der Waals surface area contributed by atoms with Crippen LogP contribution < -0.4 is 0 Å². The Kier molecular flexibility index (Phi) is 31.0. The average Bonchev–Trinajstić information content (AvgIpc) is 1.77. The Hall–Kier alpha value is -0.980. The van der Waals surface area contributed by atoms with Crippen LogP contribution in [0, 0.1) is 5.82 Å². The van der Waals surface area contributed by atoms with Crippen molar-refractivity contribution in [3.8, 4) is 0 Å². The zero-order valence-electron chi connectivity index (χ0n) is 6.14. The zero-order valence-corrected chi connectivity index (χ0v) is 6.95. The van der Waals surface area contributed by atoms with Gasteiger partial charge < -0.3 is 0 Å². The van der Waals surface area contributed by atoms with Crippen LogP contribution >= 0.6 is 12.6 Å². The number of rotatable bonds is 0. The minimum atomic E-state index is -0.317. The van der Waals surface area contributed by atoms with Crippen LogP contribution in [0.3, 0.4) is 0 Å². The molecule has 0 unspecified atom stereocenters. The first-order valence-electron chi connectivity index (χ1n) is 2.22. The first-order valence-corrected chi connectivity index (χ1v) is 2.63. The second-order valence-corrected chi connectivity index (χ2v) is 1.87. The molecule has 0 fully saturated rings. The first kappa shape index (κ1) is 29.6. The maximum absolute atomic E-state index is 12.2. The average molecular weight is 227 g/mol. The van der Waals surface area contributed by atoms with Crippen LogP contribution in [0.4, 0.5) is 27.9 Å². The molecule has 0 aliphatic heterocycles. The summed E-state index contributed by atoms with van der Waals surface area (Å²) >= 11 is 4.58. The van der Waals surface area contributed by atoms with E-state index in [0.717, 1.165) is 0 Å². The van der Waals surface area contributed by atoms with Crippen LogP contribution in [0.15, 0.2) is 29.2 Å². The predicted molar refractivity (Wildman–Crippen MR) is 44.8 cm³/mol. The van der Waals surface area contributed by atoms with Gasteiger partial charge in [0.2, 0.25) is 0 Å². The van der Waals surface area contributed by atoms with E-state index in [-0.39, 0.29) is 34.2 Å². The molecule has 0 bridgehead atoms. The Labute approximate surface area is 76.4 Å². The highest BCUT2D eigenvalue weighted by Gasteiger charge is 1.91. The van der Waals surface area contributed by atoms with Crippen LogP contribution in [-0.4, -0.2) is 0 Å². The van der Waals surface area contributed by atoms with Gasteiger partial charge in [-0.3, -0.25) is 23.5 Å². The lowest BCUT2D eigenvalue weighted by Crippen LogP contribution is -1.71. The minimum absolute atomic E-state index is 0. The van der Waals surface area contributed by atoms with E-state index >= 15 is 0 Å². The molecule has 0 saturated heterocycles. The van der Waals surface area contributed by atoms with Gasteiger partial charge in [-0.2, -0.15) is 0 Å². The van der Waals surface area contributed by atoms with E-state index < -0.39 is 0 Å². The molecule has 0 spiro atoms. The van der Waals surface area contributed by atoms with Gasteiger partial charge in [0.15, 0.2) is 0 Å². The summed E-state index contributed by atoms with van der Waals surface area (Å²) in [6.07, 6.45) is 0. The quantitative estimate of drug-likeness (QED) is 0.597. The minimum Gasteiger partial charge on any atom is -0.269 e. The Morgan fingerprint density at radius 1 is 0.846 bits per heavy atom. The van der Waals surface area contributed by atoms with Crippen molar-refractivity contribution in [2.75, 3.05) is 0 Å². The molecule has 0 heterocycles. The van der Waals surface area contributed by atoms with Gasteiger partial charge in [-0.1, -0.05) is 24.8 Å². The summed E-state index contributed by atoms with van der Waals surface area (Å²) in [6.45, 7) is 0. The lowest BCUT2D eigenvalue weighted by Gasteiger charge is -1.86. The van der Waals surface area contributed by atoms with Gasteiger partial charge in [-0.05, 0) is 12.1 Å². The number of benzene rings is 1. The van der Waals surface area contributed by atoms with Crippen molar-refractivity contribution in [1.29, 1.82) is 0 Å². The van der Waals surface area contributed by atoms with E-state index in [4.69, 9.17) is 0 Å². The lowest BCUT2D eigenvalue weighted by molar-refractivity contribution is 0.602. The largest absolute Gasteiger partial charge is 0.269 e. The van der Waals surface area contributed by atoms with Gasteiger partial charge in [0.1, 0.15) is 5.82 Å². The van der Waals surface area contributed by atoms with Gasteiger partial charge in [-0.25, -0.2) is 4.39 Å². The van der Waals surface area contributed by atoms with Crippen molar-refractivity contribution in [2.45, 2.75) is 4.90 Å². The lowest BCUT2D eigenvalue weighted by atomic mass is 10.4. The fraction of sp³-hybridized carbons (Fsp3) is 0. The van der Waals surface area contributed by atoms with Gasteiger partial charge in [0.25, 0.3) is 0 Å². The third-order valence-electron chi connectivity index (χ3n) is 0.837. The highest BCUT2D eigenvalue weighted by Crippen LogP contribution is 2.08. The van der Waals surface area contributed by atoms with E-state index in [9.17, 15) is 4.39 Å². The van der Waals surface area contributed by atoms with E-state index in [1.165, 1.54) is 6.07 Å². The highest BCUT2D eigenvalue weighted by molar-refractivity contribution is 7.80. The van der Waals surface area contributed by atoms with Crippen LogP contribution in [-0.2, 0) is 0 Å². The molecule has 0 aliphatic rings. The molecule has 0 amide bonds. The molecule has 1 rings (SSSR count). The Morgan fingerprint density at radius 3 is 1.46 bits per heavy atom. The summed E-state index contributed by atoms with van der Waals surface area (Å²) in [4.78, 5) is 0.285. The molecule has 1 aromatic carbocycles. The number of hydrogen-bond acceptors (Lipinski definition) is 0. The van der Waals surface area contributed by atoms with Crippen LogP contribution in [0.2, 0.25) is 0 Å². The molecular formula is C6H9F6S. The SMILES string of the molecule is F.F.F.F.F.Fc1ccccc1[S]. The summed E-state index contributed by atoms with van der Waals surface area (Å²) in [7, 11) is 0. The fourth-order valence-electron chi connectivity index (χ4n) is 0.445. The van der Waals surface area contributed by atoms with Crippen molar-refractivity contribution < 1.29 is 27.9 Å². The number of halogens is 6. The van der Waals surface area contributed by atoms with Gasteiger partial charge in [0.05, 0.1) is 4.90 Å². The molecule has 0 N–H and O–H groups in total. The highest BCUT2D eigenvalue weighted by atomic mass is 32.1. The first-order chi connectivity index (χ1) is 3.80. The Bertz CT molecular complexity index is 173. The van der Waals surface area contributed by atoms with Crippen LogP contribution in [0.1, 0.15) is 0 Å². The second-order valence-electron chi connectivity index (χ2n) is 1.43. The Balaban J connectivity index is -0.0000000427. The summed E-state index contributed by atoms with van der Waals surface area (Å²) in [5.74, 6) is -0.317. The zero-order chi connectivity index (χ0) is 5.98. The molecule has 1 aromatic rings. The molecule has 1 radical (unpaired) electrons. The number of hydrogen-bond donors (Lipinski definition) is 0. The molecular weight excluding hydrogens is 218 g/mol. The molecule has 7 heteroatoms. The van der Waals surface area contributed by atoms with Gasteiger partial charge in [-0.15, -0.1) is 0 Å². The molecule has 81 valence electrons. The van der Waals surface area contributed by atoms with Crippen LogP contribution in [0.5, 0.6) is 0 Å². The molecule has 0 aromatic heterocycles. The summed E-state index contributed by atoms with van der Waals surface area (Å²) in [5.41, 5.74) is 0. The van der Waals surface area contributed by atoms with Gasteiger partial charge in [0, 0.05) is 0 Å². The van der Waals surface area contributed by atoms with Crippen molar-refractivity contribution in [1.82, 2.24) is 0 Å². The van der Waals surface area contributed by atoms with E-state index in [2.05, 4.69) is 12.6 Å². The maximum atomic E-state index is 12.2. The molecule has 0 atom stereocenters. The maximum Gasteiger partial charge on any atom is 0.141 e. The third kappa shape index (κ3) is 8.93. The second kappa shape index (κ2) is 13.6. The van der Waals surface area contributed by atoms with E-state index in [0.29, 0.717) is 0 Å². The molecule has 13 heavy (non-hydrogen) atoms. The standard InChI is InChI=1S/C6H4FS.5FH/c7-5-3-1-2-4-6(5)8;;;;;/h1-4H;5*1H. The van der Waals surface area contributed by atoms with Gasteiger partial charge >= 0.3 is 0 Å². The molecule has 0 nitrogen and oxygen atoms in total. The topological polar surface area (TPSA) is 0 Å². The normalized spacial score (nSPS) is 5.62. The fourth-order valence-corrected chi connectivity index (χ4v) is 0.591. The van der Waals surface area contributed by atoms with Crippen LogP contribution in [0.25, 0.3) is 0 Å². The Morgan fingerprint density at radius 2 is 1.23 bits per heavy atom. The monoisotopic (exact) mass is 227 g/mol. The van der Waals surface area contributed by atoms with Crippen molar-refractivity contribution in [3.63, 3.8) is 0 Å². The molecule has 0 saturated carbocycles.